The topological polar surface area (TPSA) is 36.0 Å². The average molecular weight is 169 g/mol. The van der Waals surface area contributed by atoms with E-state index in [1.54, 1.807) is 18.5 Å². The molecule has 60 valence electrons. The van der Waals surface area contributed by atoms with Crippen molar-refractivity contribution >= 4 is 11.2 Å². The van der Waals surface area contributed by atoms with E-state index >= 15 is 0 Å². The summed E-state index contributed by atoms with van der Waals surface area (Å²) in [5, 5.41) is 0.166. The van der Waals surface area contributed by atoms with Crippen LogP contribution in [0.5, 0.6) is 0 Å². The van der Waals surface area contributed by atoms with Gasteiger partial charge in [0.1, 0.15) is 5.25 Å². The van der Waals surface area contributed by atoms with Gasteiger partial charge in [0, 0.05) is 6.20 Å². The van der Waals surface area contributed by atoms with E-state index in [9.17, 15) is 4.55 Å². The SMILES string of the molecule is CC(C)[S+]([O-])c1cccnc1. The smallest absolute Gasteiger partial charge is 0.171 e. The Hall–Kier alpha value is -0.540. The Morgan fingerprint density at radius 3 is 2.73 bits per heavy atom. The van der Waals surface area contributed by atoms with Crippen molar-refractivity contribution in [2.75, 3.05) is 0 Å². The third-order valence-electron chi connectivity index (χ3n) is 1.29. The van der Waals surface area contributed by atoms with Crippen molar-refractivity contribution in [2.24, 2.45) is 0 Å². The zero-order valence-electron chi connectivity index (χ0n) is 6.65. The van der Waals surface area contributed by atoms with Crippen molar-refractivity contribution in [3.8, 4) is 0 Å². The first-order valence-electron chi connectivity index (χ1n) is 3.52. The van der Waals surface area contributed by atoms with Crippen LogP contribution in [0.4, 0.5) is 0 Å². The molecule has 0 bridgehead atoms. The first-order valence-corrected chi connectivity index (χ1v) is 4.73. The number of aromatic nitrogens is 1. The molecule has 0 amide bonds. The fraction of sp³-hybridized carbons (Fsp3) is 0.375. The van der Waals surface area contributed by atoms with Gasteiger partial charge in [-0.15, -0.1) is 0 Å². The van der Waals surface area contributed by atoms with Crippen molar-refractivity contribution in [3.63, 3.8) is 0 Å². The standard InChI is InChI=1S/C8H11NOS/c1-7(2)11(10)8-4-3-5-9-6-8/h3-7H,1-2H3. The zero-order valence-corrected chi connectivity index (χ0v) is 7.47. The molecular formula is C8H11NOS. The van der Waals surface area contributed by atoms with Crippen LogP contribution in [0.2, 0.25) is 0 Å². The highest BCUT2D eigenvalue weighted by atomic mass is 32.2. The second kappa shape index (κ2) is 3.74. The lowest BCUT2D eigenvalue weighted by Crippen LogP contribution is -2.13. The average Bonchev–Trinajstić information content (AvgIpc) is 2.05. The summed E-state index contributed by atoms with van der Waals surface area (Å²) < 4.78 is 11.4. The number of rotatable bonds is 2. The highest BCUT2D eigenvalue weighted by Gasteiger charge is 2.14. The van der Waals surface area contributed by atoms with E-state index in [1.165, 1.54) is 0 Å². The molecule has 0 N–H and O–H groups in total. The van der Waals surface area contributed by atoms with Gasteiger partial charge in [0.05, 0.1) is 6.20 Å². The van der Waals surface area contributed by atoms with Gasteiger partial charge in [0.2, 0.25) is 0 Å². The molecule has 1 atom stereocenters. The molecule has 0 aliphatic heterocycles. The minimum atomic E-state index is -0.898. The molecule has 0 fully saturated rings. The van der Waals surface area contributed by atoms with E-state index in [1.807, 2.05) is 19.9 Å². The molecule has 0 saturated carbocycles. The van der Waals surface area contributed by atoms with Crippen LogP contribution in [0, 0.1) is 0 Å². The van der Waals surface area contributed by atoms with Crippen LogP contribution in [-0.4, -0.2) is 14.8 Å². The van der Waals surface area contributed by atoms with Crippen LogP contribution >= 0.6 is 0 Å². The highest BCUT2D eigenvalue weighted by Crippen LogP contribution is 2.13. The Bertz CT molecular complexity index is 213. The maximum Gasteiger partial charge on any atom is 0.171 e. The molecule has 1 unspecified atom stereocenters. The fourth-order valence-corrected chi connectivity index (χ4v) is 1.66. The molecule has 0 aromatic carbocycles. The van der Waals surface area contributed by atoms with Crippen LogP contribution in [-0.2, 0) is 11.2 Å². The van der Waals surface area contributed by atoms with E-state index in [2.05, 4.69) is 4.98 Å². The molecule has 0 saturated heterocycles. The predicted octanol–water partition coefficient (Wildman–Crippen LogP) is 1.60. The lowest BCUT2D eigenvalue weighted by atomic mass is 10.5. The summed E-state index contributed by atoms with van der Waals surface area (Å²) in [6, 6.07) is 3.64. The van der Waals surface area contributed by atoms with Gasteiger partial charge in [0.25, 0.3) is 0 Å². The van der Waals surface area contributed by atoms with Crippen LogP contribution in [0.25, 0.3) is 0 Å². The monoisotopic (exact) mass is 169 g/mol. The van der Waals surface area contributed by atoms with Gasteiger partial charge in [-0.05, 0) is 37.2 Å². The van der Waals surface area contributed by atoms with E-state index < -0.39 is 11.2 Å². The van der Waals surface area contributed by atoms with E-state index in [4.69, 9.17) is 0 Å². The maximum atomic E-state index is 11.4. The van der Waals surface area contributed by atoms with Crippen molar-refractivity contribution < 1.29 is 4.55 Å². The second-order valence-corrected chi connectivity index (χ2v) is 4.54. The lowest BCUT2D eigenvalue weighted by molar-refractivity contribution is 0.586. The molecule has 3 heteroatoms. The summed E-state index contributed by atoms with van der Waals surface area (Å²) in [6.45, 7) is 3.87. The van der Waals surface area contributed by atoms with Gasteiger partial charge in [-0.2, -0.15) is 0 Å². The molecular weight excluding hydrogens is 158 g/mol. The first kappa shape index (κ1) is 8.56. The summed E-state index contributed by atoms with van der Waals surface area (Å²) in [6.07, 6.45) is 3.33. The van der Waals surface area contributed by atoms with Crippen molar-refractivity contribution in [1.29, 1.82) is 0 Å². The van der Waals surface area contributed by atoms with Crippen LogP contribution in [0.1, 0.15) is 13.8 Å². The second-order valence-electron chi connectivity index (χ2n) is 2.53. The van der Waals surface area contributed by atoms with Gasteiger partial charge in [-0.3, -0.25) is 4.98 Å². The minimum Gasteiger partial charge on any atom is -0.611 e. The molecule has 2 nitrogen and oxygen atoms in total. The molecule has 0 radical (unpaired) electrons. The molecule has 1 rings (SSSR count). The summed E-state index contributed by atoms with van der Waals surface area (Å²) in [4.78, 5) is 4.70. The number of nitrogens with zero attached hydrogens (tertiary/aromatic N) is 1. The summed E-state index contributed by atoms with van der Waals surface area (Å²) >= 11 is -0.898. The lowest BCUT2D eigenvalue weighted by Gasteiger charge is -2.12. The summed E-state index contributed by atoms with van der Waals surface area (Å²) in [5.74, 6) is 0. The third kappa shape index (κ3) is 2.20. The van der Waals surface area contributed by atoms with E-state index in [0.29, 0.717) is 0 Å². The van der Waals surface area contributed by atoms with Crippen molar-refractivity contribution in [1.82, 2.24) is 4.98 Å². The fourth-order valence-electron chi connectivity index (χ4n) is 0.738. The molecule has 11 heavy (non-hydrogen) atoms. The number of hydrogen-bond donors (Lipinski definition) is 0. The van der Waals surface area contributed by atoms with Crippen LogP contribution in [0.3, 0.4) is 0 Å². The molecule has 0 aliphatic rings. The molecule has 1 aromatic rings. The normalized spacial score (nSPS) is 13.5. The Balaban J connectivity index is 2.77. The van der Waals surface area contributed by atoms with Crippen molar-refractivity contribution in [3.05, 3.63) is 24.5 Å². The van der Waals surface area contributed by atoms with E-state index in [0.717, 1.165) is 4.90 Å². The Morgan fingerprint density at radius 1 is 1.55 bits per heavy atom. The zero-order chi connectivity index (χ0) is 8.27. The number of hydrogen-bond acceptors (Lipinski definition) is 2. The van der Waals surface area contributed by atoms with Gasteiger partial charge in [-0.1, -0.05) is 0 Å². The van der Waals surface area contributed by atoms with Gasteiger partial charge in [0.15, 0.2) is 4.90 Å². The molecule has 1 aromatic heterocycles. The van der Waals surface area contributed by atoms with Crippen LogP contribution in [0.15, 0.2) is 29.4 Å². The van der Waals surface area contributed by atoms with Crippen molar-refractivity contribution in [2.45, 2.75) is 24.0 Å². The van der Waals surface area contributed by atoms with Gasteiger partial charge in [-0.25, -0.2) is 0 Å². The predicted molar refractivity (Wildman–Crippen MR) is 45.8 cm³/mol. The largest absolute Gasteiger partial charge is 0.611 e. The summed E-state index contributed by atoms with van der Waals surface area (Å²) in [5.41, 5.74) is 0. The van der Waals surface area contributed by atoms with Crippen LogP contribution < -0.4 is 0 Å². The molecule has 0 spiro atoms. The Labute approximate surface area is 69.8 Å². The highest BCUT2D eigenvalue weighted by molar-refractivity contribution is 7.92. The third-order valence-corrected chi connectivity index (χ3v) is 2.86. The Kier molecular flexibility index (Phi) is 2.91. The van der Waals surface area contributed by atoms with Gasteiger partial charge >= 0.3 is 0 Å². The minimum absolute atomic E-state index is 0.166. The molecule has 1 heterocycles. The first-order chi connectivity index (χ1) is 5.22. The molecule has 0 aliphatic carbocycles. The summed E-state index contributed by atoms with van der Waals surface area (Å²) in [7, 11) is 0. The Morgan fingerprint density at radius 2 is 2.27 bits per heavy atom. The maximum absolute atomic E-state index is 11.4. The number of pyridine rings is 1. The quantitative estimate of drug-likeness (QED) is 0.630. The van der Waals surface area contributed by atoms with E-state index in [-0.39, 0.29) is 5.25 Å². The van der Waals surface area contributed by atoms with Gasteiger partial charge < -0.3 is 4.55 Å².